The number of thiophene rings is 1. The smallest absolute Gasteiger partial charge is 0.384 e. The molecule has 2 aromatic rings. The first-order valence-electron chi connectivity index (χ1n) is 5.38. The summed E-state index contributed by atoms with van der Waals surface area (Å²) in [6.07, 6.45) is -4.61. The molecule has 0 saturated heterocycles. The van der Waals surface area contributed by atoms with Crippen LogP contribution < -0.4 is 11.1 Å². The Hall–Kier alpha value is -1.83. The van der Waals surface area contributed by atoms with Gasteiger partial charge in [-0.25, -0.2) is 9.97 Å². The molecule has 102 valence electrons. The molecule has 0 aromatic carbocycles. The van der Waals surface area contributed by atoms with Crippen LogP contribution in [0.3, 0.4) is 0 Å². The van der Waals surface area contributed by atoms with E-state index in [4.69, 9.17) is 5.73 Å². The molecule has 2 heterocycles. The number of nitrogens with two attached hydrogens (primary N) is 1. The molecule has 0 fully saturated rings. The number of nitrogen functional groups attached to an aromatic ring is 1. The van der Waals surface area contributed by atoms with Gasteiger partial charge in [-0.2, -0.15) is 13.2 Å². The normalized spacial score (nSPS) is 13.3. The molecule has 1 unspecified atom stereocenters. The van der Waals surface area contributed by atoms with Crippen LogP contribution in [0.1, 0.15) is 23.7 Å². The van der Waals surface area contributed by atoms with Crippen LogP contribution in [-0.4, -0.2) is 9.97 Å². The van der Waals surface area contributed by atoms with Crippen LogP contribution in [0.5, 0.6) is 0 Å². The zero-order valence-corrected chi connectivity index (χ0v) is 10.7. The standard InChI is InChI=1S/C11H11F3N4S/c1-6(7-3-2-4-19-7)16-9-5-8(15)17-10(18-9)11(12,13)14/h2-6H,1H3,(H3,15,16,17,18). The molecule has 3 N–H and O–H groups in total. The van der Waals surface area contributed by atoms with Gasteiger partial charge in [0.05, 0.1) is 6.04 Å². The highest BCUT2D eigenvalue weighted by molar-refractivity contribution is 7.10. The van der Waals surface area contributed by atoms with Gasteiger partial charge in [0.2, 0.25) is 5.82 Å². The Balaban J connectivity index is 2.23. The van der Waals surface area contributed by atoms with Crippen molar-refractivity contribution < 1.29 is 13.2 Å². The van der Waals surface area contributed by atoms with Crippen molar-refractivity contribution >= 4 is 23.0 Å². The molecule has 1 atom stereocenters. The van der Waals surface area contributed by atoms with Crippen LogP contribution in [-0.2, 0) is 6.18 Å². The Morgan fingerprint density at radius 3 is 2.68 bits per heavy atom. The minimum Gasteiger partial charge on any atom is -0.384 e. The van der Waals surface area contributed by atoms with Crippen molar-refractivity contribution in [2.45, 2.75) is 19.1 Å². The zero-order chi connectivity index (χ0) is 14.0. The van der Waals surface area contributed by atoms with E-state index < -0.39 is 12.0 Å². The fraction of sp³-hybridized carbons (Fsp3) is 0.273. The van der Waals surface area contributed by atoms with Crippen LogP contribution in [0, 0.1) is 0 Å². The van der Waals surface area contributed by atoms with Crippen molar-refractivity contribution in [1.29, 1.82) is 0 Å². The summed E-state index contributed by atoms with van der Waals surface area (Å²) in [5.41, 5.74) is 5.36. The predicted octanol–water partition coefficient (Wildman–Crippen LogP) is 3.31. The molecule has 19 heavy (non-hydrogen) atoms. The number of alkyl halides is 3. The first-order chi connectivity index (χ1) is 8.86. The summed E-state index contributed by atoms with van der Waals surface area (Å²) in [7, 11) is 0. The minimum absolute atomic E-state index is 0.0562. The van der Waals surface area contributed by atoms with Crippen molar-refractivity contribution in [2.75, 3.05) is 11.1 Å². The molecule has 0 aliphatic rings. The SMILES string of the molecule is CC(Nc1cc(N)nc(C(F)(F)F)n1)c1cccs1. The van der Waals surface area contributed by atoms with Gasteiger partial charge in [-0.15, -0.1) is 11.3 Å². The number of nitrogens with zero attached hydrogens (tertiary/aromatic N) is 2. The summed E-state index contributed by atoms with van der Waals surface area (Å²) in [6, 6.07) is 4.88. The van der Waals surface area contributed by atoms with Crippen LogP contribution in [0.2, 0.25) is 0 Å². The topological polar surface area (TPSA) is 63.8 Å². The Morgan fingerprint density at radius 2 is 2.11 bits per heavy atom. The van der Waals surface area contributed by atoms with Crippen LogP contribution in [0.15, 0.2) is 23.6 Å². The van der Waals surface area contributed by atoms with Crippen LogP contribution in [0.4, 0.5) is 24.8 Å². The van der Waals surface area contributed by atoms with E-state index in [0.717, 1.165) is 4.88 Å². The second-order valence-electron chi connectivity index (χ2n) is 3.88. The zero-order valence-electron chi connectivity index (χ0n) is 9.90. The molecular weight excluding hydrogens is 277 g/mol. The second-order valence-corrected chi connectivity index (χ2v) is 4.86. The van der Waals surface area contributed by atoms with Gasteiger partial charge >= 0.3 is 6.18 Å². The van der Waals surface area contributed by atoms with Gasteiger partial charge in [0.15, 0.2) is 0 Å². The van der Waals surface area contributed by atoms with Gasteiger partial charge in [-0.1, -0.05) is 6.07 Å². The average molecular weight is 288 g/mol. The number of rotatable bonds is 3. The lowest BCUT2D eigenvalue weighted by Crippen LogP contribution is -2.15. The second kappa shape index (κ2) is 5.04. The molecule has 0 spiro atoms. The van der Waals surface area contributed by atoms with Crippen molar-refractivity contribution in [2.24, 2.45) is 0 Å². The molecule has 0 saturated carbocycles. The van der Waals surface area contributed by atoms with Gasteiger partial charge in [0.25, 0.3) is 0 Å². The quantitative estimate of drug-likeness (QED) is 0.909. The number of hydrogen-bond donors (Lipinski definition) is 2. The van der Waals surface area contributed by atoms with Crippen molar-refractivity contribution in [1.82, 2.24) is 9.97 Å². The summed E-state index contributed by atoms with van der Waals surface area (Å²) < 4.78 is 37.7. The summed E-state index contributed by atoms with van der Waals surface area (Å²) in [6.45, 7) is 1.83. The average Bonchev–Trinajstić information content (AvgIpc) is 2.80. The molecule has 0 bridgehead atoms. The molecule has 0 radical (unpaired) electrons. The van der Waals surface area contributed by atoms with Gasteiger partial charge in [0.1, 0.15) is 11.6 Å². The summed E-state index contributed by atoms with van der Waals surface area (Å²) >= 11 is 1.50. The van der Waals surface area contributed by atoms with Crippen molar-refractivity contribution in [3.63, 3.8) is 0 Å². The fourth-order valence-electron chi connectivity index (χ4n) is 1.50. The highest BCUT2D eigenvalue weighted by atomic mass is 32.1. The van der Waals surface area contributed by atoms with Gasteiger partial charge < -0.3 is 11.1 Å². The molecule has 0 aliphatic heterocycles. The molecule has 0 amide bonds. The summed E-state index contributed by atoms with van der Waals surface area (Å²) in [5.74, 6) is -1.41. The highest BCUT2D eigenvalue weighted by Crippen LogP contribution is 2.29. The maximum absolute atomic E-state index is 12.6. The number of aromatic nitrogens is 2. The van der Waals surface area contributed by atoms with E-state index in [1.807, 2.05) is 24.4 Å². The molecule has 0 aliphatic carbocycles. The first-order valence-corrected chi connectivity index (χ1v) is 6.26. The van der Waals surface area contributed by atoms with E-state index in [-0.39, 0.29) is 17.7 Å². The third kappa shape index (κ3) is 3.34. The number of hydrogen-bond acceptors (Lipinski definition) is 5. The lowest BCUT2D eigenvalue weighted by molar-refractivity contribution is -0.144. The van der Waals surface area contributed by atoms with E-state index in [1.54, 1.807) is 0 Å². The van der Waals surface area contributed by atoms with Crippen molar-refractivity contribution in [3.05, 3.63) is 34.3 Å². The summed E-state index contributed by atoms with van der Waals surface area (Å²) in [4.78, 5) is 7.60. The van der Waals surface area contributed by atoms with Crippen LogP contribution >= 0.6 is 11.3 Å². The molecule has 4 nitrogen and oxygen atoms in total. The van der Waals surface area contributed by atoms with Gasteiger partial charge in [0, 0.05) is 10.9 Å². The Morgan fingerprint density at radius 1 is 1.37 bits per heavy atom. The third-order valence-electron chi connectivity index (χ3n) is 2.33. The van der Waals surface area contributed by atoms with E-state index in [9.17, 15) is 13.2 Å². The predicted molar refractivity (Wildman–Crippen MR) is 67.8 cm³/mol. The Labute approximate surface area is 111 Å². The monoisotopic (exact) mass is 288 g/mol. The van der Waals surface area contributed by atoms with Gasteiger partial charge in [-0.05, 0) is 18.4 Å². The molecule has 2 aromatic heterocycles. The lowest BCUT2D eigenvalue weighted by atomic mass is 10.3. The van der Waals surface area contributed by atoms with E-state index >= 15 is 0 Å². The van der Waals surface area contributed by atoms with E-state index in [0.29, 0.717) is 0 Å². The largest absolute Gasteiger partial charge is 0.451 e. The van der Waals surface area contributed by atoms with Crippen molar-refractivity contribution in [3.8, 4) is 0 Å². The third-order valence-corrected chi connectivity index (χ3v) is 3.39. The Kier molecular flexibility index (Phi) is 3.61. The number of anilines is 2. The maximum Gasteiger partial charge on any atom is 0.451 e. The van der Waals surface area contributed by atoms with Crippen LogP contribution in [0.25, 0.3) is 0 Å². The number of halogens is 3. The van der Waals surface area contributed by atoms with E-state index in [1.165, 1.54) is 17.4 Å². The molecule has 2 rings (SSSR count). The maximum atomic E-state index is 12.6. The lowest BCUT2D eigenvalue weighted by Gasteiger charge is -2.14. The molecule has 8 heteroatoms. The minimum atomic E-state index is -4.61. The molecular formula is C11H11F3N4S. The fourth-order valence-corrected chi connectivity index (χ4v) is 2.23. The van der Waals surface area contributed by atoms with Gasteiger partial charge in [-0.3, -0.25) is 0 Å². The summed E-state index contributed by atoms with van der Waals surface area (Å²) in [5, 5.41) is 4.77. The van der Waals surface area contributed by atoms with E-state index in [2.05, 4.69) is 15.3 Å². The highest BCUT2D eigenvalue weighted by Gasteiger charge is 2.35. The Bertz CT molecular complexity index is 554. The number of nitrogens with one attached hydrogen (secondary N) is 1. The first kappa shape index (κ1) is 13.6.